The van der Waals surface area contributed by atoms with Gasteiger partial charge >= 0.3 is 0 Å². The number of rotatable bonds is 4. The van der Waals surface area contributed by atoms with Gasteiger partial charge in [-0.1, -0.05) is 26.0 Å². The van der Waals surface area contributed by atoms with E-state index >= 15 is 0 Å². The SMILES string of the molecule is CC(C)c1ccc(C(=O)NC2CCC(c3nc(N)n[nH]3)CC2)cc1. The zero-order chi connectivity index (χ0) is 17.1. The number of benzene rings is 1. The van der Waals surface area contributed by atoms with Gasteiger partial charge in [-0.3, -0.25) is 9.89 Å². The van der Waals surface area contributed by atoms with Gasteiger partial charge in [-0.2, -0.15) is 4.98 Å². The maximum absolute atomic E-state index is 12.4. The van der Waals surface area contributed by atoms with Gasteiger partial charge in [0, 0.05) is 17.5 Å². The Hall–Kier alpha value is -2.37. The lowest BCUT2D eigenvalue weighted by Gasteiger charge is -2.27. The van der Waals surface area contributed by atoms with Gasteiger partial charge < -0.3 is 11.1 Å². The van der Waals surface area contributed by atoms with Crippen LogP contribution in [0.25, 0.3) is 0 Å². The summed E-state index contributed by atoms with van der Waals surface area (Å²) in [6, 6.07) is 8.11. The first-order valence-corrected chi connectivity index (χ1v) is 8.61. The van der Waals surface area contributed by atoms with Crippen LogP contribution in [0.15, 0.2) is 24.3 Å². The predicted octanol–water partition coefficient (Wildman–Crippen LogP) is 2.97. The molecule has 1 fully saturated rings. The standard InChI is InChI=1S/C18H25N5O/c1-11(2)12-3-5-14(6-4-12)17(24)20-15-9-7-13(8-10-15)16-21-18(19)23-22-16/h3-6,11,13,15H,7-10H2,1-2H3,(H,20,24)(H3,19,21,22,23). The molecule has 4 N–H and O–H groups in total. The molecule has 6 nitrogen and oxygen atoms in total. The Morgan fingerprint density at radius 1 is 1.21 bits per heavy atom. The maximum Gasteiger partial charge on any atom is 0.251 e. The number of hydrogen-bond acceptors (Lipinski definition) is 4. The first-order chi connectivity index (χ1) is 11.5. The molecule has 1 amide bonds. The van der Waals surface area contributed by atoms with Crippen LogP contribution < -0.4 is 11.1 Å². The average Bonchev–Trinajstić information content (AvgIpc) is 3.02. The highest BCUT2D eigenvalue weighted by Gasteiger charge is 2.25. The van der Waals surface area contributed by atoms with Gasteiger partial charge in [0.05, 0.1) is 0 Å². The van der Waals surface area contributed by atoms with E-state index in [0.29, 0.717) is 17.8 Å². The zero-order valence-electron chi connectivity index (χ0n) is 14.2. The summed E-state index contributed by atoms with van der Waals surface area (Å²) in [7, 11) is 0. The summed E-state index contributed by atoms with van der Waals surface area (Å²) in [5.74, 6) is 2.00. The second-order valence-corrected chi connectivity index (χ2v) is 6.88. The molecule has 1 aromatic heterocycles. The average molecular weight is 327 g/mol. The molecular weight excluding hydrogens is 302 g/mol. The molecule has 0 unspecified atom stereocenters. The molecule has 24 heavy (non-hydrogen) atoms. The number of hydrogen-bond donors (Lipinski definition) is 3. The second-order valence-electron chi connectivity index (χ2n) is 6.88. The van der Waals surface area contributed by atoms with Crippen LogP contribution >= 0.6 is 0 Å². The van der Waals surface area contributed by atoms with Gasteiger partial charge in [0.1, 0.15) is 5.82 Å². The van der Waals surface area contributed by atoms with Crippen molar-refractivity contribution in [3.63, 3.8) is 0 Å². The van der Waals surface area contributed by atoms with Crippen molar-refractivity contribution < 1.29 is 4.79 Å². The molecule has 1 aliphatic carbocycles. The molecule has 0 bridgehead atoms. The van der Waals surface area contributed by atoms with E-state index in [1.54, 1.807) is 0 Å². The Kier molecular flexibility index (Phi) is 4.83. The topological polar surface area (TPSA) is 96.7 Å². The first-order valence-electron chi connectivity index (χ1n) is 8.61. The van der Waals surface area contributed by atoms with E-state index in [-0.39, 0.29) is 11.9 Å². The van der Waals surface area contributed by atoms with Crippen molar-refractivity contribution in [2.75, 3.05) is 5.73 Å². The van der Waals surface area contributed by atoms with Gasteiger partial charge in [-0.05, 0) is 49.3 Å². The van der Waals surface area contributed by atoms with E-state index in [2.05, 4.69) is 34.3 Å². The summed E-state index contributed by atoms with van der Waals surface area (Å²) < 4.78 is 0. The summed E-state index contributed by atoms with van der Waals surface area (Å²) in [6.45, 7) is 4.30. The Labute approximate surface area is 142 Å². The lowest BCUT2D eigenvalue weighted by atomic mass is 9.85. The van der Waals surface area contributed by atoms with Crippen molar-refractivity contribution >= 4 is 11.9 Å². The molecule has 1 aromatic carbocycles. The monoisotopic (exact) mass is 327 g/mol. The number of H-pyrrole nitrogens is 1. The minimum absolute atomic E-state index is 0.0117. The number of nitrogens with one attached hydrogen (secondary N) is 2. The molecule has 6 heteroatoms. The van der Waals surface area contributed by atoms with Crippen molar-refractivity contribution in [3.8, 4) is 0 Å². The molecule has 2 aromatic rings. The van der Waals surface area contributed by atoms with Crippen molar-refractivity contribution in [1.82, 2.24) is 20.5 Å². The Bertz CT molecular complexity index is 684. The van der Waals surface area contributed by atoms with Gasteiger partial charge in [0.15, 0.2) is 0 Å². The minimum Gasteiger partial charge on any atom is -0.367 e. The number of carbonyl (C=O) groups is 1. The highest BCUT2D eigenvalue weighted by molar-refractivity contribution is 5.94. The molecule has 3 rings (SSSR count). The second kappa shape index (κ2) is 7.03. The molecule has 0 saturated heterocycles. The fraction of sp³-hybridized carbons (Fsp3) is 0.500. The smallest absolute Gasteiger partial charge is 0.251 e. The maximum atomic E-state index is 12.4. The molecular formula is C18H25N5O. The van der Waals surface area contributed by atoms with E-state index in [0.717, 1.165) is 37.1 Å². The summed E-state index contributed by atoms with van der Waals surface area (Å²) in [5, 5.41) is 9.94. The Morgan fingerprint density at radius 3 is 2.42 bits per heavy atom. The predicted molar refractivity (Wildman–Crippen MR) is 93.8 cm³/mol. The van der Waals surface area contributed by atoms with Crippen molar-refractivity contribution in [3.05, 3.63) is 41.2 Å². The highest BCUT2D eigenvalue weighted by Crippen LogP contribution is 2.31. The molecule has 0 atom stereocenters. The summed E-state index contributed by atoms with van der Waals surface area (Å²) in [5.41, 5.74) is 7.54. The van der Waals surface area contributed by atoms with E-state index in [4.69, 9.17) is 5.73 Å². The number of nitrogens with zero attached hydrogens (tertiary/aromatic N) is 2. The van der Waals surface area contributed by atoms with Gasteiger partial charge in [-0.15, -0.1) is 5.10 Å². The van der Waals surface area contributed by atoms with Crippen molar-refractivity contribution in [2.24, 2.45) is 0 Å². The number of nitrogen functional groups attached to an aromatic ring is 1. The van der Waals surface area contributed by atoms with Crippen LogP contribution in [0.3, 0.4) is 0 Å². The van der Waals surface area contributed by atoms with Crippen LogP contribution in [0, 0.1) is 0 Å². The normalized spacial score (nSPS) is 21.0. The number of aromatic nitrogens is 3. The van der Waals surface area contributed by atoms with E-state index in [1.165, 1.54) is 5.56 Å². The third-order valence-electron chi connectivity index (χ3n) is 4.81. The van der Waals surface area contributed by atoms with Crippen molar-refractivity contribution in [1.29, 1.82) is 0 Å². The quantitative estimate of drug-likeness (QED) is 0.804. The van der Waals surface area contributed by atoms with Crippen molar-refractivity contribution in [2.45, 2.75) is 57.4 Å². The third-order valence-corrected chi connectivity index (χ3v) is 4.81. The number of carbonyl (C=O) groups excluding carboxylic acids is 1. The molecule has 0 radical (unpaired) electrons. The lowest BCUT2D eigenvalue weighted by Crippen LogP contribution is -2.37. The molecule has 0 spiro atoms. The van der Waals surface area contributed by atoms with Crippen LogP contribution in [0.1, 0.15) is 73.1 Å². The minimum atomic E-state index is 0.0117. The largest absolute Gasteiger partial charge is 0.367 e. The molecule has 1 saturated carbocycles. The Morgan fingerprint density at radius 2 is 1.88 bits per heavy atom. The molecule has 0 aliphatic heterocycles. The van der Waals surface area contributed by atoms with Crippen LogP contribution in [-0.4, -0.2) is 27.1 Å². The van der Waals surface area contributed by atoms with Crippen LogP contribution in [-0.2, 0) is 0 Å². The molecule has 1 aliphatic rings. The van der Waals surface area contributed by atoms with Crippen LogP contribution in [0.2, 0.25) is 0 Å². The third kappa shape index (κ3) is 3.75. The fourth-order valence-electron chi connectivity index (χ4n) is 3.27. The number of nitrogens with two attached hydrogens (primary N) is 1. The van der Waals surface area contributed by atoms with E-state index in [1.807, 2.05) is 24.3 Å². The van der Waals surface area contributed by atoms with Crippen LogP contribution in [0.4, 0.5) is 5.95 Å². The zero-order valence-corrected chi connectivity index (χ0v) is 14.2. The van der Waals surface area contributed by atoms with Gasteiger partial charge in [0.25, 0.3) is 5.91 Å². The summed E-state index contributed by atoms with van der Waals surface area (Å²) in [6.07, 6.45) is 3.85. The van der Waals surface area contributed by atoms with E-state index in [9.17, 15) is 4.79 Å². The van der Waals surface area contributed by atoms with Gasteiger partial charge in [0.2, 0.25) is 5.95 Å². The fourth-order valence-corrected chi connectivity index (χ4v) is 3.27. The van der Waals surface area contributed by atoms with Crippen LogP contribution in [0.5, 0.6) is 0 Å². The first kappa shape index (κ1) is 16.5. The lowest BCUT2D eigenvalue weighted by molar-refractivity contribution is 0.0925. The number of amides is 1. The van der Waals surface area contributed by atoms with Gasteiger partial charge in [-0.25, -0.2) is 0 Å². The number of aromatic amines is 1. The highest BCUT2D eigenvalue weighted by atomic mass is 16.1. The summed E-state index contributed by atoms with van der Waals surface area (Å²) in [4.78, 5) is 16.6. The molecule has 128 valence electrons. The van der Waals surface area contributed by atoms with E-state index < -0.39 is 0 Å². The summed E-state index contributed by atoms with van der Waals surface area (Å²) >= 11 is 0. The Balaban J connectivity index is 1.53. The number of anilines is 1. The molecule has 1 heterocycles.